The summed E-state index contributed by atoms with van der Waals surface area (Å²) in [4.78, 5) is 53.5. The standard InChI is InChI=1S/C56H83N3O6/c1-12-13-31-64-48(60)39-32-40(51(39,4)5)49(61)65-45-24-25-53(8)43(52(45,6)7)23-26-55(10)44(53)21-20-38-46-37(34(2)3)22-27-56(46,29-28-54(38,55)9)50(62)59-30-14-15-42(59)47-57-33-41(58-47)35-16-18-36(63-11)19-17-35/h16-19,33-34,37-40,42-46H,12-15,20-32H2,1-11H3,(H,57,58)/t37-,38+,39-,40+,42-,43-,44+,45-,46+,53-,54+,55+,56-/m0/s1. The van der Waals surface area contributed by atoms with Crippen LogP contribution < -0.4 is 4.74 Å². The van der Waals surface area contributed by atoms with Gasteiger partial charge in [0.15, 0.2) is 0 Å². The first-order valence-electron chi connectivity index (χ1n) is 26.2. The molecule has 2 aromatic rings. The molecule has 1 saturated heterocycles. The van der Waals surface area contributed by atoms with Crippen molar-refractivity contribution in [2.24, 2.45) is 79.8 Å². The Labute approximate surface area is 391 Å². The number of H-pyrrole nitrogens is 1. The Hall–Kier alpha value is -3.36. The lowest BCUT2D eigenvalue weighted by atomic mass is 9.32. The smallest absolute Gasteiger partial charge is 0.309 e. The lowest BCUT2D eigenvalue weighted by Gasteiger charge is -2.73. The zero-order chi connectivity index (χ0) is 46.5. The minimum absolute atomic E-state index is 0.0200. The average molecular weight is 894 g/mol. The van der Waals surface area contributed by atoms with E-state index in [1.165, 1.54) is 19.3 Å². The number of carbonyl (C=O) groups excluding carboxylic acids is 3. The van der Waals surface area contributed by atoms with Gasteiger partial charge in [0, 0.05) is 12.0 Å². The van der Waals surface area contributed by atoms with Crippen LogP contribution >= 0.6 is 0 Å². The van der Waals surface area contributed by atoms with Crippen LogP contribution in [0.5, 0.6) is 5.75 Å². The van der Waals surface area contributed by atoms with Crippen LogP contribution in [0.15, 0.2) is 30.5 Å². The van der Waals surface area contributed by atoms with Crippen molar-refractivity contribution >= 4 is 17.8 Å². The quantitative estimate of drug-likeness (QED) is 0.177. The number of rotatable bonds is 11. The second-order valence-electron chi connectivity index (χ2n) is 24.8. The average Bonchev–Trinajstić information content (AvgIpc) is 4.04. The minimum atomic E-state index is -0.470. The lowest BCUT2D eigenvalue weighted by Crippen LogP contribution is -2.67. The third-order valence-electron chi connectivity index (χ3n) is 21.4. The zero-order valence-electron chi connectivity index (χ0n) is 42.0. The van der Waals surface area contributed by atoms with Gasteiger partial charge in [0.2, 0.25) is 5.91 Å². The number of carbonyl (C=O) groups is 3. The van der Waals surface area contributed by atoms with Crippen LogP contribution in [0.25, 0.3) is 11.3 Å². The van der Waals surface area contributed by atoms with Crippen molar-refractivity contribution in [3.8, 4) is 17.0 Å². The van der Waals surface area contributed by atoms with Gasteiger partial charge in [-0.15, -0.1) is 0 Å². The number of ether oxygens (including phenoxy) is 3. The Morgan fingerprint density at radius 2 is 1.55 bits per heavy atom. The van der Waals surface area contributed by atoms with Crippen molar-refractivity contribution in [3.05, 3.63) is 36.3 Å². The number of amides is 1. The maximum absolute atomic E-state index is 15.7. The number of nitrogens with zero attached hydrogens (tertiary/aromatic N) is 2. The van der Waals surface area contributed by atoms with E-state index in [2.05, 4.69) is 77.4 Å². The highest BCUT2D eigenvalue weighted by Gasteiger charge is 2.73. The fourth-order valence-corrected chi connectivity index (χ4v) is 17.3. The van der Waals surface area contributed by atoms with Crippen LogP contribution in [0, 0.1) is 79.8 Å². The molecule has 1 N–H and O–H groups in total. The molecule has 0 radical (unpaired) electrons. The number of aromatic nitrogens is 2. The van der Waals surface area contributed by atoms with Crippen molar-refractivity contribution < 1.29 is 28.6 Å². The number of unbranched alkanes of at least 4 members (excludes halogenated alkanes) is 1. The number of hydrogen-bond acceptors (Lipinski definition) is 7. The van der Waals surface area contributed by atoms with Crippen LogP contribution in [0.1, 0.15) is 177 Å². The Morgan fingerprint density at radius 1 is 0.815 bits per heavy atom. The fourth-order valence-electron chi connectivity index (χ4n) is 17.3. The molecule has 9 heteroatoms. The van der Waals surface area contributed by atoms with Gasteiger partial charge < -0.3 is 24.1 Å². The number of nitrogens with one attached hydrogen (secondary N) is 1. The molecule has 2 heterocycles. The van der Waals surface area contributed by atoms with Crippen LogP contribution in [-0.4, -0.2) is 59.1 Å². The van der Waals surface area contributed by atoms with Gasteiger partial charge >= 0.3 is 11.9 Å². The molecule has 7 aliphatic rings. The van der Waals surface area contributed by atoms with Crippen molar-refractivity contribution in [3.63, 3.8) is 0 Å². The summed E-state index contributed by atoms with van der Waals surface area (Å²) in [6, 6.07) is 8.08. The maximum atomic E-state index is 15.7. The molecule has 1 aliphatic heterocycles. The summed E-state index contributed by atoms with van der Waals surface area (Å²) < 4.78 is 17.6. The van der Waals surface area contributed by atoms with Crippen LogP contribution in [0.4, 0.5) is 0 Å². The van der Waals surface area contributed by atoms with E-state index in [9.17, 15) is 9.59 Å². The highest BCUT2D eigenvalue weighted by molar-refractivity contribution is 5.85. The molecule has 6 aliphatic carbocycles. The molecule has 1 amide bonds. The predicted octanol–water partition coefficient (Wildman–Crippen LogP) is 12.4. The predicted molar refractivity (Wildman–Crippen MR) is 254 cm³/mol. The van der Waals surface area contributed by atoms with E-state index in [0.29, 0.717) is 54.4 Å². The van der Waals surface area contributed by atoms with Gasteiger partial charge in [-0.25, -0.2) is 4.98 Å². The molecule has 0 bridgehead atoms. The lowest BCUT2D eigenvalue weighted by molar-refractivity contribution is -0.252. The maximum Gasteiger partial charge on any atom is 0.309 e. The van der Waals surface area contributed by atoms with Gasteiger partial charge in [0.1, 0.15) is 17.7 Å². The highest BCUT2D eigenvalue weighted by atomic mass is 16.5. The Kier molecular flexibility index (Phi) is 12.0. The first-order valence-corrected chi connectivity index (χ1v) is 26.2. The number of benzene rings is 1. The Bertz CT molecular complexity index is 2110. The highest BCUT2D eigenvalue weighted by Crippen LogP contribution is 2.78. The molecule has 65 heavy (non-hydrogen) atoms. The SMILES string of the molecule is CCCCOC(=O)[C@@H]1C[C@H](C(=O)O[C@H]2CC[C@]3(C)[C@H]4CC[C@@H]5[C@H]6[C@H](C(C)C)CC[C@]6(C(=O)N6CCC[C@H]6c6ncc(-c7ccc(OC)cc7)[nH]6)CC[C@@]5(C)[C@]4(C)CC[C@H]3C2(C)C)C1(C)C. The van der Waals surface area contributed by atoms with E-state index in [0.717, 1.165) is 100 Å². The second kappa shape index (κ2) is 16.7. The third-order valence-corrected chi connectivity index (χ3v) is 21.4. The molecule has 0 spiro atoms. The second-order valence-corrected chi connectivity index (χ2v) is 24.8. The summed E-state index contributed by atoms with van der Waals surface area (Å²) in [5, 5.41) is 0. The minimum Gasteiger partial charge on any atom is -0.497 e. The summed E-state index contributed by atoms with van der Waals surface area (Å²) in [7, 11) is 1.69. The molecule has 9 nitrogen and oxygen atoms in total. The number of likely N-dealkylation sites (tertiary alicyclic amines) is 1. The van der Waals surface area contributed by atoms with Gasteiger partial charge in [-0.3, -0.25) is 14.4 Å². The summed E-state index contributed by atoms with van der Waals surface area (Å²) in [5.74, 6) is 4.38. The van der Waals surface area contributed by atoms with E-state index in [4.69, 9.17) is 19.2 Å². The number of methoxy groups -OCH3 is 1. The third kappa shape index (κ3) is 7.08. The molecule has 13 atom stereocenters. The normalized spacial score (nSPS) is 40.2. The van der Waals surface area contributed by atoms with E-state index >= 15 is 4.79 Å². The van der Waals surface area contributed by atoms with Gasteiger partial charge in [-0.1, -0.05) is 75.7 Å². The first-order chi connectivity index (χ1) is 30.8. The monoisotopic (exact) mass is 894 g/mol. The molecule has 1 aromatic heterocycles. The number of esters is 2. The van der Waals surface area contributed by atoms with Crippen LogP contribution in [0.3, 0.4) is 0 Å². The molecule has 6 saturated carbocycles. The summed E-state index contributed by atoms with van der Waals surface area (Å²) in [5.41, 5.74) is 1.56. The van der Waals surface area contributed by atoms with E-state index < -0.39 is 5.41 Å². The molecule has 358 valence electrons. The van der Waals surface area contributed by atoms with E-state index in [1.807, 2.05) is 32.2 Å². The summed E-state index contributed by atoms with van der Waals surface area (Å²) in [6.07, 6.45) is 17.1. The topological polar surface area (TPSA) is 111 Å². The van der Waals surface area contributed by atoms with Crippen molar-refractivity contribution in [1.29, 1.82) is 0 Å². The van der Waals surface area contributed by atoms with Crippen molar-refractivity contribution in [2.45, 2.75) is 178 Å². The van der Waals surface area contributed by atoms with Gasteiger partial charge in [0.05, 0.1) is 48.9 Å². The van der Waals surface area contributed by atoms with Crippen LogP contribution in [0.2, 0.25) is 0 Å². The molecule has 0 unspecified atom stereocenters. The fraction of sp³-hybridized carbons (Fsp3) is 0.786. The number of imidazole rings is 1. The molecule has 7 fully saturated rings. The van der Waals surface area contributed by atoms with Crippen molar-refractivity contribution in [1.82, 2.24) is 14.9 Å². The van der Waals surface area contributed by atoms with E-state index in [1.54, 1.807) is 7.11 Å². The largest absolute Gasteiger partial charge is 0.497 e. The number of fused-ring (bicyclic) bond motifs is 7. The zero-order valence-corrected chi connectivity index (χ0v) is 42.0. The van der Waals surface area contributed by atoms with Crippen LogP contribution in [-0.2, 0) is 23.9 Å². The molecular weight excluding hydrogens is 811 g/mol. The molecule has 1 aromatic carbocycles. The Balaban J connectivity index is 0.925. The molecule has 9 rings (SSSR count). The van der Waals surface area contributed by atoms with Gasteiger partial charge in [-0.2, -0.15) is 0 Å². The summed E-state index contributed by atoms with van der Waals surface area (Å²) >= 11 is 0. The number of aromatic amines is 1. The van der Waals surface area contributed by atoms with Crippen molar-refractivity contribution in [2.75, 3.05) is 20.3 Å². The first kappa shape index (κ1) is 46.7. The Morgan fingerprint density at radius 3 is 2.25 bits per heavy atom. The molecular formula is C56H83N3O6. The number of hydrogen-bond donors (Lipinski definition) is 1. The summed E-state index contributed by atoms with van der Waals surface area (Å²) in [6.45, 7) is 25.1. The van der Waals surface area contributed by atoms with Gasteiger partial charge in [-0.05, 0) is 177 Å². The van der Waals surface area contributed by atoms with Gasteiger partial charge in [0.25, 0.3) is 0 Å². The van der Waals surface area contributed by atoms with E-state index in [-0.39, 0.29) is 63.0 Å².